The third-order valence-electron chi connectivity index (χ3n) is 4.99. The number of carbonyl (C=O) groups excluding carboxylic acids is 4. The molecule has 1 aliphatic carbocycles. The summed E-state index contributed by atoms with van der Waals surface area (Å²) < 4.78 is 0. The highest BCUT2D eigenvalue weighted by molar-refractivity contribution is 6.45. The van der Waals surface area contributed by atoms with Gasteiger partial charge in [0.25, 0.3) is 0 Å². The molecule has 0 radical (unpaired) electrons. The normalized spacial score (nSPS) is 23.1. The van der Waals surface area contributed by atoms with Gasteiger partial charge in [0.15, 0.2) is 0 Å². The summed E-state index contributed by atoms with van der Waals surface area (Å²) in [5, 5.41) is 3.13. The molecule has 7 nitrogen and oxygen atoms in total. The largest absolute Gasteiger partial charge is 0.334 e. The first-order valence-corrected chi connectivity index (χ1v) is 9.49. The van der Waals surface area contributed by atoms with E-state index in [2.05, 4.69) is 5.32 Å². The van der Waals surface area contributed by atoms with Crippen LogP contribution in [0.4, 0.5) is 10.5 Å². The molecule has 0 unspecified atom stereocenters. The first kappa shape index (κ1) is 19.6. The van der Waals surface area contributed by atoms with E-state index in [-0.39, 0.29) is 17.0 Å². The van der Waals surface area contributed by atoms with Gasteiger partial charge in [0, 0.05) is 11.7 Å². The highest BCUT2D eigenvalue weighted by Crippen LogP contribution is 2.31. The fraction of sp³-hybridized carbons (Fsp3) is 0.444. The Morgan fingerprint density at radius 1 is 1.11 bits per heavy atom. The van der Waals surface area contributed by atoms with Gasteiger partial charge in [-0.25, -0.2) is 9.69 Å². The first-order chi connectivity index (χ1) is 12.8. The summed E-state index contributed by atoms with van der Waals surface area (Å²) in [6.45, 7) is 1.43. The highest BCUT2D eigenvalue weighted by Gasteiger charge is 2.49. The van der Waals surface area contributed by atoms with Gasteiger partial charge in [0.2, 0.25) is 5.91 Å². The number of carbonyl (C=O) groups is 4. The van der Waals surface area contributed by atoms with Crippen molar-refractivity contribution in [2.45, 2.75) is 38.6 Å². The molecule has 1 saturated heterocycles. The van der Waals surface area contributed by atoms with Gasteiger partial charge < -0.3 is 5.32 Å². The molecule has 1 aliphatic heterocycles. The maximum absolute atomic E-state index is 12.6. The van der Waals surface area contributed by atoms with E-state index in [4.69, 9.17) is 23.2 Å². The van der Waals surface area contributed by atoms with Gasteiger partial charge in [0.05, 0.1) is 10.0 Å². The quantitative estimate of drug-likeness (QED) is 0.607. The monoisotopic (exact) mass is 411 g/mol. The Morgan fingerprint density at radius 2 is 1.81 bits per heavy atom. The van der Waals surface area contributed by atoms with E-state index in [1.807, 2.05) is 6.92 Å². The second kappa shape index (κ2) is 7.86. The van der Waals surface area contributed by atoms with E-state index in [1.54, 1.807) is 6.07 Å². The van der Waals surface area contributed by atoms with E-state index < -0.39 is 30.3 Å². The number of hydrogen-bond acceptors (Lipinski definition) is 4. The molecule has 9 heteroatoms. The molecule has 3 rings (SSSR count). The lowest BCUT2D eigenvalue weighted by Crippen LogP contribution is -2.46. The van der Waals surface area contributed by atoms with Gasteiger partial charge in [-0.2, -0.15) is 0 Å². The predicted octanol–water partition coefficient (Wildman–Crippen LogP) is 3.30. The van der Waals surface area contributed by atoms with Crippen molar-refractivity contribution in [2.24, 2.45) is 5.92 Å². The summed E-state index contributed by atoms with van der Waals surface area (Å²) in [6.07, 6.45) is 3.51. The zero-order valence-electron chi connectivity index (χ0n) is 14.7. The third-order valence-corrected chi connectivity index (χ3v) is 5.73. The molecular formula is C18H19Cl2N3O4. The number of benzene rings is 1. The van der Waals surface area contributed by atoms with Crippen LogP contribution in [0.3, 0.4) is 0 Å². The molecule has 0 bridgehead atoms. The number of nitrogens with one attached hydrogen (secondary N) is 1. The van der Waals surface area contributed by atoms with E-state index in [0.717, 1.165) is 24.2 Å². The number of anilines is 1. The van der Waals surface area contributed by atoms with Crippen LogP contribution in [0.2, 0.25) is 10.0 Å². The van der Waals surface area contributed by atoms with Crippen molar-refractivity contribution in [1.82, 2.24) is 9.80 Å². The topological polar surface area (TPSA) is 86.8 Å². The van der Waals surface area contributed by atoms with E-state index >= 15 is 0 Å². The van der Waals surface area contributed by atoms with Crippen molar-refractivity contribution >= 4 is 52.6 Å². The fourth-order valence-corrected chi connectivity index (χ4v) is 3.85. The first-order valence-electron chi connectivity index (χ1n) is 8.73. The van der Waals surface area contributed by atoms with E-state index in [1.165, 1.54) is 12.1 Å². The van der Waals surface area contributed by atoms with Crippen LogP contribution in [0, 0.1) is 5.92 Å². The van der Waals surface area contributed by atoms with Crippen LogP contribution in [0.5, 0.6) is 0 Å². The van der Waals surface area contributed by atoms with E-state index in [9.17, 15) is 19.2 Å². The summed E-state index contributed by atoms with van der Waals surface area (Å²) in [5.74, 6) is -2.31. The number of halogens is 2. The Kier molecular flexibility index (Phi) is 5.72. The molecule has 2 aliphatic rings. The molecule has 2 atom stereocenters. The van der Waals surface area contributed by atoms with Gasteiger partial charge >= 0.3 is 17.8 Å². The minimum absolute atomic E-state index is 0.129. The van der Waals surface area contributed by atoms with Gasteiger partial charge in [0.1, 0.15) is 6.54 Å². The number of hydrogen-bond donors (Lipinski definition) is 1. The Hall–Kier alpha value is -2.12. The molecule has 27 heavy (non-hydrogen) atoms. The Labute approximate surface area is 166 Å². The summed E-state index contributed by atoms with van der Waals surface area (Å²) >= 11 is 11.7. The fourth-order valence-electron chi connectivity index (χ4n) is 3.55. The van der Waals surface area contributed by atoms with Gasteiger partial charge in [-0.15, -0.1) is 0 Å². The SMILES string of the molecule is C[C@H]1CCCC[C@@H]1N1C(=O)C(=O)N(CC(=O)Nc2ccc(Cl)c(Cl)c2)C1=O. The molecule has 1 saturated carbocycles. The number of imide groups is 2. The maximum Gasteiger partial charge on any atom is 0.334 e. The number of rotatable bonds is 4. The lowest BCUT2D eigenvalue weighted by Gasteiger charge is -2.34. The van der Waals surface area contributed by atoms with Crippen LogP contribution in [-0.4, -0.2) is 46.1 Å². The minimum Gasteiger partial charge on any atom is -0.324 e. The minimum atomic E-state index is -0.970. The van der Waals surface area contributed by atoms with Crippen LogP contribution in [0.25, 0.3) is 0 Å². The number of amides is 5. The van der Waals surface area contributed by atoms with Crippen molar-refractivity contribution < 1.29 is 19.2 Å². The zero-order chi connectivity index (χ0) is 19.7. The predicted molar refractivity (Wildman–Crippen MR) is 100 cm³/mol. The molecule has 1 N–H and O–H groups in total. The second-order valence-electron chi connectivity index (χ2n) is 6.86. The van der Waals surface area contributed by atoms with Crippen LogP contribution >= 0.6 is 23.2 Å². The third kappa shape index (κ3) is 3.94. The van der Waals surface area contributed by atoms with Crippen LogP contribution in [0.1, 0.15) is 32.6 Å². The molecule has 5 amide bonds. The summed E-state index contributed by atoms with van der Waals surface area (Å²) in [7, 11) is 0. The smallest absolute Gasteiger partial charge is 0.324 e. The van der Waals surface area contributed by atoms with Crippen molar-refractivity contribution in [3.63, 3.8) is 0 Å². The molecule has 1 heterocycles. The summed E-state index contributed by atoms with van der Waals surface area (Å²) in [5.41, 5.74) is 0.373. The molecular weight excluding hydrogens is 393 g/mol. The molecule has 2 fully saturated rings. The van der Waals surface area contributed by atoms with Crippen molar-refractivity contribution in [3.8, 4) is 0 Å². The lowest BCUT2D eigenvalue weighted by atomic mass is 9.85. The number of nitrogens with zero attached hydrogens (tertiary/aromatic N) is 2. The molecule has 1 aromatic carbocycles. The van der Waals surface area contributed by atoms with Crippen molar-refractivity contribution in [1.29, 1.82) is 0 Å². The highest BCUT2D eigenvalue weighted by atomic mass is 35.5. The lowest BCUT2D eigenvalue weighted by molar-refractivity contribution is -0.145. The average Bonchev–Trinajstić information content (AvgIpc) is 2.82. The maximum atomic E-state index is 12.6. The molecule has 0 aromatic heterocycles. The van der Waals surface area contributed by atoms with Gasteiger partial charge in [-0.05, 0) is 37.0 Å². The standard InChI is InChI=1S/C18H19Cl2N3O4/c1-10-4-2-3-5-14(10)23-17(26)16(25)22(18(23)27)9-15(24)21-11-6-7-12(19)13(20)8-11/h6-8,10,14H,2-5,9H2,1H3,(H,21,24)/t10-,14-/m0/s1. The van der Waals surface area contributed by atoms with Gasteiger partial charge in [-0.3, -0.25) is 19.3 Å². The molecule has 0 spiro atoms. The zero-order valence-corrected chi connectivity index (χ0v) is 16.2. The summed E-state index contributed by atoms with van der Waals surface area (Å²) in [6, 6.07) is 3.48. The van der Waals surface area contributed by atoms with E-state index in [0.29, 0.717) is 22.0 Å². The molecule has 144 valence electrons. The number of urea groups is 1. The Morgan fingerprint density at radius 3 is 2.48 bits per heavy atom. The van der Waals surface area contributed by atoms with Crippen LogP contribution < -0.4 is 5.32 Å². The van der Waals surface area contributed by atoms with Gasteiger partial charge in [-0.1, -0.05) is 43.0 Å². The van der Waals surface area contributed by atoms with Crippen molar-refractivity contribution in [3.05, 3.63) is 28.2 Å². The second-order valence-corrected chi connectivity index (χ2v) is 7.67. The Balaban J connectivity index is 1.70. The van der Waals surface area contributed by atoms with Crippen molar-refractivity contribution in [2.75, 3.05) is 11.9 Å². The van der Waals surface area contributed by atoms with Crippen LogP contribution in [-0.2, 0) is 14.4 Å². The Bertz CT molecular complexity index is 814. The molecule has 1 aromatic rings. The van der Waals surface area contributed by atoms with Crippen LogP contribution in [0.15, 0.2) is 18.2 Å². The average molecular weight is 412 g/mol. The summed E-state index contributed by atoms with van der Waals surface area (Å²) in [4.78, 5) is 51.2.